The van der Waals surface area contributed by atoms with E-state index in [-0.39, 0.29) is 21.1 Å². The molecule has 1 nitrogen and oxygen atoms in total. The average Bonchev–Trinajstić information content (AvgIpc) is 1.69. The average molecular weight is 276 g/mol. The van der Waals surface area contributed by atoms with Gasteiger partial charge in [0.25, 0.3) is 0 Å². The van der Waals surface area contributed by atoms with Gasteiger partial charge in [0.1, 0.15) is 0 Å². The first-order valence-electron chi connectivity index (χ1n) is 1.72. The Labute approximate surface area is 63.0 Å². The second kappa shape index (κ2) is 9.79. The van der Waals surface area contributed by atoms with E-state index >= 15 is 0 Å². The first-order chi connectivity index (χ1) is 3.41. The molecule has 0 saturated carbocycles. The molecular formula is C6H4OW. The Kier molecular flexibility index (Phi) is 12.9. The van der Waals surface area contributed by atoms with Gasteiger partial charge >= 0.3 is 21.1 Å². The van der Waals surface area contributed by atoms with Crippen LogP contribution in [0.25, 0.3) is 0 Å². The predicted molar refractivity (Wildman–Crippen MR) is 26.3 cm³/mol. The second-order valence-electron chi connectivity index (χ2n) is 0.785. The molecule has 0 N–H and O–H groups in total. The van der Waals surface area contributed by atoms with E-state index < -0.39 is 0 Å². The quantitative estimate of drug-likeness (QED) is 0.238. The van der Waals surface area contributed by atoms with Crippen LogP contribution in [0.15, 0.2) is 17.9 Å². The van der Waals surface area contributed by atoms with E-state index in [1.54, 1.807) is 0 Å². The van der Waals surface area contributed by atoms with Crippen molar-refractivity contribution >= 4 is 6.29 Å². The van der Waals surface area contributed by atoms with Gasteiger partial charge in [0.2, 0.25) is 0 Å². The minimum Gasteiger partial charge on any atom is -0.336 e. The van der Waals surface area contributed by atoms with E-state index in [0.29, 0.717) is 6.29 Å². The van der Waals surface area contributed by atoms with Gasteiger partial charge in [0, 0.05) is 0 Å². The van der Waals surface area contributed by atoms with Crippen LogP contribution in [0.5, 0.6) is 0 Å². The molecule has 0 fully saturated rings. The summed E-state index contributed by atoms with van der Waals surface area (Å²) in [6.45, 7) is 4.78. The van der Waals surface area contributed by atoms with Crippen molar-refractivity contribution in [1.82, 2.24) is 0 Å². The van der Waals surface area contributed by atoms with Crippen molar-refractivity contribution in [1.29, 1.82) is 0 Å². The number of hydrogen-bond acceptors (Lipinski definition) is 1. The van der Waals surface area contributed by atoms with Crippen LogP contribution in [0.1, 0.15) is 0 Å². The third-order valence-corrected chi connectivity index (χ3v) is 0.344. The van der Waals surface area contributed by atoms with Crippen LogP contribution in [0, 0.1) is 12.7 Å². The van der Waals surface area contributed by atoms with Gasteiger partial charge in [0.15, 0.2) is 0 Å². The molecule has 0 aromatic rings. The molecule has 0 aliphatic rings. The van der Waals surface area contributed by atoms with Gasteiger partial charge in [-0.1, -0.05) is 0 Å². The van der Waals surface area contributed by atoms with E-state index in [1.807, 2.05) is 0 Å². The molecule has 0 atom stereocenters. The van der Waals surface area contributed by atoms with Crippen molar-refractivity contribution in [3.8, 4) is 0 Å². The number of carbonyl (C=O) groups excluding carboxylic acids is 1. The molecule has 2 heteroatoms. The van der Waals surface area contributed by atoms with Crippen molar-refractivity contribution in [2.45, 2.75) is 0 Å². The summed E-state index contributed by atoms with van der Waals surface area (Å²) in [6.07, 6.45) is 5.57. The molecule has 0 radical (unpaired) electrons. The number of aldehydes is 1. The summed E-state index contributed by atoms with van der Waals surface area (Å²) in [5.74, 6) is 0. The fraction of sp³-hybridized carbons (Fsp3) is 0. The molecule has 0 spiro atoms. The number of hydrogen-bond donors (Lipinski definition) is 0. The van der Waals surface area contributed by atoms with Crippen LogP contribution in [0.4, 0.5) is 0 Å². The maximum Gasteiger partial charge on any atom is 2.00 e. The fourth-order valence-corrected chi connectivity index (χ4v) is 0.136. The Bertz CT molecular complexity index is 120. The Balaban J connectivity index is 0. The molecular weight excluding hydrogens is 272 g/mol. The summed E-state index contributed by atoms with van der Waals surface area (Å²) in [5.41, 5.74) is 2.20. The van der Waals surface area contributed by atoms with Gasteiger partial charge in [-0.15, -0.1) is 0 Å². The standard InChI is InChI=1S/C6H4O.W/c1-2-3-4-5-6-7;/h1,3-4,6H;/q-2;+2. The Morgan fingerprint density at radius 3 is 2.62 bits per heavy atom. The number of allylic oxidation sites excluding steroid dienone is 3. The molecule has 0 aliphatic heterocycles. The number of carbonyl (C=O) groups is 1. The van der Waals surface area contributed by atoms with Gasteiger partial charge in [0.05, 0.1) is 6.29 Å². The Hall–Kier alpha value is -0.382. The van der Waals surface area contributed by atoms with Gasteiger partial charge in [-0.25, -0.2) is 18.7 Å². The van der Waals surface area contributed by atoms with Crippen molar-refractivity contribution in [2.75, 3.05) is 0 Å². The molecule has 0 aromatic heterocycles. The predicted octanol–water partition coefficient (Wildman–Crippen LogP) is 0.686. The molecule has 0 saturated heterocycles. The summed E-state index contributed by atoms with van der Waals surface area (Å²) in [7, 11) is 0. The molecule has 0 heterocycles. The molecule has 0 aliphatic carbocycles. The van der Waals surface area contributed by atoms with Crippen LogP contribution >= 0.6 is 0 Å². The zero-order valence-electron chi connectivity index (χ0n) is 4.13. The van der Waals surface area contributed by atoms with Crippen molar-refractivity contribution in [3.05, 3.63) is 30.5 Å². The summed E-state index contributed by atoms with van der Waals surface area (Å²) in [6, 6.07) is 0. The van der Waals surface area contributed by atoms with Crippen molar-refractivity contribution in [2.24, 2.45) is 0 Å². The Morgan fingerprint density at radius 2 is 2.25 bits per heavy atom. The van der Waals surface area contributed by atoms with E-state index in [2.05, 4.69) is 11.8 Å². The molecule has 8 heavy (non-hydrogen) atoms. The van der Waals surface area contributed by atoms with Crippen molar-refractivity contribution in [3.63, 3.8) is 0 Å². The molecule has 0 bridgehead atoms. The largest absolute Gasteiger partial charge is 2.00 e. The number of rotatable bonds is 2. The minimum atomic E-state index is 0. The SMILES string of the molecule is [CH-]=C=CC=[C-]C=O.[W+2]. The minimum absolute atomic E-state index is 0. The summed E-state index contributed by atoms with van der Waals surface area (Å²) in [4.78, 5) is 9.45. The van der Waals surface area contributed by atoms with Gasteiger partial charge < -0.3 is 10.5 Å². The third kappa shape index (κ3) is 9.15. The van der Waals surface area contributed by atoms with Crippen LogP contribution in [0.3, 0.4) is 0 Å². The monoisotopic (exact) mass is 276 g/mol. The molecule has 0 rings (SSSR count). The van der Waals surface area contributed by atoms with E-state index in [0.717, 1.165) is 0 Å². The maximum absolute atomic E-state index is 9.45. The van der Waals surface area contributed by atoms with E-state index in [1.165, 1.54) is 12.2 Å². The first-order valence-corrected chi connectivity index (χ1v) is 1.72. The van der Waals surface area contributed by atoms with E-state index in [4.69, 9.17) is 6.58 Å². The van der Waals surface area contributed by atoms with Crippen LogP contribution in [0.2, 0.25) is 0 Å². The van der Waals surface area contributed by atoms with Crippen LogP contribution < -0.4 is 0 Å². The Morgan fingerprint density at radius 1 is 1.62 bits per heavy atom. The molecule has 40 valence electrons. The molecule has 0 aromatic carbocycles. The summed E-state index contributed by atoms with van der Waals surface area (Å²) in [5, 5.41) is 0. The second-order valence-corrected chi connectivity index (χ2v) is 0.785. The van der Waals surface area contributed by atoms with Gasteiger partial charge in [-0.2, -0.15) is 6.08 Å². The van der Waals surface area contributed by atoms with Crippen molar-refractivity contribution < 1.29 is 25.9 Å². The van der Waals surface area contributed by atoms with Gasteiger partial charge in [-0.05, 0) is 0 Å². The molecule has 0 unspecified atom stereocenters. The topological polar surface area (TPSA) is 17.1 Å². The summed E-state index contributed by atoms with van der Waals surface area (Å²) < 4.78 is 0. The first kappa shape index (κ1) is 10.6. The zero-order valence-corrected chi connectivity index (χ0v) is 7.06. The van der Waals surface area contributed by atoms with E-state index in [9.17, 15) is 4.79 Å². The third-order valence-electron chi connectivity index (χ3n) is 0.344. The maximum atomic E-state index is 9.45. The normalized spacial score (nSPS) is 7.00. The fourth-order valence-electron chi connectivity index (χ4n) is 0.136. The smallest absolute Gasteiger partial charge is 0.336 e. The van der Waals surface area contributed by atoms with Crippen LogP contribution in [-0.4, -0.2) is 6.29 Å². The molecule has 0 amide bonds. The zero-order chi connectivity index (χ0) is 5.54. The van der Waals surface area contributed by atoms with Gasteiger partial charge in [-0.3, -0.25) is 0 Å². The summed E-state index contributed by atoms with van der Waals surface area (Å²) >= 11 is 0. The van der Waals surface area contributed by atoms with Crippen LogP contribution in [-0.2, 0) is 25.9 Å².